The van der Waals surface area contributed by atoms with Crippen LogP contribution in [0.1, 0.15) is 30.4 Å². The average Bonchev–Trinajstić information content (AvgIpc) is 3.23. The van der Waals surface area contributed by atoms with Gasteiger partial charge in [0.2, 0.25) is 0 Å². The fraction of sp³-hybridized carbons (Fsp3) is 0.211. The molecule has 1 fully saturated rings. The normalized spacial score (nSPS) is 23.6. The van der Waals surface area contributed by atoms with Crippen molar-refractivity contribution in [2.75, 3.05) is 0 Å². The van der Waals surface area contributed by atoms with E-state index in [9.17, 15) is 4.79 Å². The molecule has 0 bridgehead atoms. The highest BCUT2D eigenvalue weighted by molar-refractivity contribution is 5.91. The third-order valence-corrected chi connectivity index (χ3v) is 3.99. The van der Waals surface area contributed by atoms with Crippen LogP contribution in [0.3, 0.4) is 0 Å². The van der Waals surface area contributed by atoms with Crippen molar-refractivity contribution < 1.29 is 4.79 Å². The van der Waals surface area contributed by atoms with Crippen molar-refractivity contribution >= 4 is 5.78 Å². The molecule has 20 heavy (non-hydrogen) atoms. The molecule has 2 aromatic carbocycles. The van der Waals surface area contributed by atoms with Crippen molar-refractivity contribution in [3.8, 4) is 11.8 Å². The van der Waals surface area contributed by atoms with Gasteiger partial charge in [0.1, 0.15) is 5.78 Å². The van der Waals surface area contributed by atoms with E-state index < -0.39 is 5.41 Å². The molecule has 1 aliphatic rings. The van der Waals surface area contributed by atoms with Crippen LogP contribution in [0, 0.1) is 17.3 Å². The SMILES string of the molecule is CC(=O)[C@@]1(C#Cc2ccccc2)C[C@H]1c1ccccc1. The second-order valence-electron chi connectivity index (χ2n) is 5.31. The van der Waals surface area contributed by atoms with Crippen LogP contribution >= 0.6 is 0 Å². The smallest absolute Gasteiger partial charge is 0.148 e. The molecule has 0 aliphatic heterocycles. The van der Waals surface area contributed by atoms with Crippen LogP contribution in [0.15, 0.2) is 60.7 Å². The van der Waals surface area contributed by atoms with Gasteiger partial charge in [0.05, 0.1) is 5.41 Å². The van der Waals surface area contributed by atoms with Crippen molar-refractivity contribution in [2.24, 2.45) is 5.41 Å². The van der Waals surface area contributed by atoms with Crippen LogP contribution < -0.4 is 0 Å². The number of carbonyl (C=O) groups is 1. The molecule has 0 unspecified atom stereocenters. The Labute approximate surface area is 119 Å². The minimum atomic E-state index is -0.475. The highest BCUT2D eigenvalue weighted by atomic mass is 16.1. The van der Waals surface area contributed by atoms with E-state index in [2.05, 4.69) is 24.0 Å². The third kappa shape index (κ3) is 2.26. The summed E-state index contributed by atoms with van der Waals surface area (Å²) in [6.45, 7) is 1.66. The molecule has 2 atom stereocenters. The number of benzene rings is 2. The molecule has 1 aliphatic carbocycles. The van der Waals surface area contributed by atoms with E-state index in [1.165, 1.54) is 5.56 Å². The number of rotatable bonds is 2. The van der Waals surface area contributed by atoms with E-state index in [4.69, 9.17) is 0 Å². The highest BCUT2D eigenvalue weighted by Crippen LogP contribution is 2.59. The molecule has 0 spiro atoms. The van der Waals surface area contributed by atoms with E-state index in [0.29, 0.717) is 0 Å². The molecule has 3 rings (SSSR count). The molecule has 2 aromatic rings. The van der Waals surface area contributed by atoms with Gasteiger partial charge in [-0.1, -0.05) is 60.4 Å². The summed E-state index contributed by atoms with van der Waals surface area (Å²) in [7, 11) is 0. The minimum Gasteiger partial charge on any atom is -0.298 e. The lowest BCUT2D eigenvalue weighted by Gasteiger charge is -2.06. The monoisotopic (exact) mass is 260 g/mol. The summed E-state index contributed by atoms with van der Waals surface area (Å²) in [5.41, 5.74) is 1.70. The topological polar surface area (TPSA) is 17.1 Å². The van der Waals surface area contributed by atoms with Crippen LogP contribution in [-0.4, -0.2) is 5.78 Å². The van der Waals surface area contributed by atoms with Gasteiger partial charge in [-0.2, -0.15) is 0 Å². The lowest BCUT2D eigenvalue weighted by atomic mass is 9.95. The molecule has 0 radical (unpaired) electrons. The minimum absolute atomic E-state index is 0.176. The Morgan fingerprint density at radius 1 is 1.05 bits per heavy atom. The van der Waals surface area contributed by atoms with E-state index in [0.717, 1.165) is 12.0 Å². The number of hydrogen-bond donors (Lipinski definition) is 0. The van der Waals surface area contributed by atoms with Gasteiger partial charge in [0.25, 0.3) is 0 Å². The zero-order chi connectivity index (χ0) is 14.0. The Kier molecular flexibility index (Phi) is 3.16. The summed E-state index contributed by atoms with van der Waals surface area (Å²) in [4.78, 5) is 12.0. The molecule has 98 valence electrons. The van der Waals surface area contributed by atoms with Gasteiger partial charge < -0.3 is 0 Å². The van der Waals surface area contributed by atoms with E-state index >= 15 is 0 Å². The molecule has 0 heterocycles. The maximum atomic E-state index is 12.0. The first-order valence-electron chi connectivity index (χ1n) is 6.86. The summed E-state index contributed by atoms with van der Waals surface area (Å²) in [5.74, 6) is 6.82. The number of hydrogen-bond acceptors (Lipinski definition) is 1. The van der Waals surface area contributed by atoms with Gasteiger partial charge >= 0.3 is 0 Å². The largest absolute Gasteiger partial charge is 0.298 e. The molecular weight excluding hydrogens is 244 g/mol. The first-order valence-corrected chi connectivity index (χ1v) is 6.86. The quantitative estimate of drug-likeness (QED) is 0.751. The fourth-order valence-electron chi connectivity index (χ4n) is 2.67. The Hall–Kier alpha value is -2.33. The predicted molar refractivity (Wildman–Crippen MR) is 80.2 cm³/mol. The van der Waals surface area contributed by atoms with Gasteiger partial charge in [-0.25, -0.2) is 0 Å². The summed E-state index contributed by atoms with van der Waals surface area (Å²) in [5, 5.41) is 0. The van der Waals surface area contributed by atoms with Crippen LogP contribution in [0.2, 0.25) is 0 Å². The summed E-state index contributed by atoms with van der Waals surface area (Å²) >= 11 is 0. The summed E-state index contributed by atoms with van der Waals surface area (Å²) < 4.78 is 0. The molecule has 1 nitrogen and oxygen atoms in total. The molecule has 1 heteroatoms. The number of carbonyl (C=O) groups excluding carboxylic acids is 1. The van der Waals surface area contributed by atoms with E-state index in [1.54, 1.807) is 6.92 Å². The van der Waals surface area contributed by atoms with E-state index in [-0.39, 0.29) is 11.7 Å². The first kappa shape index (κ1) is 12.7. The second kappa shape index (κ2) is 4.98. The fourth-order valence-corrected chi connectivity index (χ4v) is 2.67. The molecule has 0 amide bonds. The number of ketones is 1. The second-order valence-corrected chi connectivity index (χ2v) is 5.31. The van der Waals surface area contributed by atoms with Crippen molar-refractivity contribution in [3.05, 3.63) is 71.8 Å². The van der Waals surface area contributed by atoms with Crippen molar-refractivity contribution in [1.29, 1.82) is 0 Å². The Balaban J connectivity index is 1.90. The maximum Gasteiger partial charge on any atom is 0.148 e. The van der Waals surface area contributed by atoms with Crippen LogP contribution in [0.4, 0.5) is 0 Å². The summed E-state index contributed by atoms with van der Waals surface area (Å²) in [6, 6.07) is 20.0. The zero-order valence-corrected chi connectivity index (χ0v) is 11.5. The Morgan fingerprint density at radius 3 is 2.25 bits per heavy atom. The summed E-state index contributed by atoms with van der Waals surface area (Å²) in [6.07, 6.45) is 0.839. The Bertz CT molecular complexity index is 676. The van der Waals surface area contributed by atoms with Crippen molar-refractivity contribution in [2.45, 2.75) is 19.3 Å². The van der Waals surface area contributed by atoms with Crippen molar-refractivity contribution in [1.82, 2.24) is 0 Å². The van der Waals surface area contributed by atoms with Gasteiger partial charge in [0.15, 0.2) is 0 Å². The molecule has 0 aromatic heterocycles. The lowest BCUT2D eigenvalue weighted by molar-refractivity contribution is -0.120. The van der Waals surface area contributed by atoms with Crippen LogP contribution in [0.5, 0.6) is 0 Å². The van der Waals surface area contributed by atoms with Crippen LogP contribution in [-0.2, 0) is 4.79 Å². The molecule has 0 N–H and O–H groups in total. The third-order valence-electron chi connectivity index (χ3n) is 3.99. The van der Waals surface area contributed by atoms with Crippen molar-refractivity contribution in [3.63, 3.8) is 0 Å². The van der Waals surface area contributed by atoms with Gasteiger partial charge in [-0.3, -0.25) is 4.79 Å². The average molecular weight is 260 g/mol. The predicted octanol–water partition coefficient (Wildman–Crippen LogP) is 3.80. The van der Waals surface area contributed by atoms with Gasteiger partial charge in [0, 0.05) is 11.5 Å². The first-order chi connectivity index (χ1) is 9.72. The molecular formula is C19H16O. The molecule has 0 saturated heterocycles. The maximum absolute atomic E-state index is 12.0. The van der Waals surface area contributed by atoms with Gasteiger partial charge in [-0.15, -0.1) is 0 Å². The zero-order valence-electron chi connectivity index (χ0n) is 11.5. The molecule has 1 saturated carbocycles. The standard InChI is InChI=1S/C19H16O/c1-15(20)19(13-12-16-8-4-2-5-9-16)14-18(19)17-10-6-3-7-11-17/h2-11,18H,14H2,1H3/t18-,19+/m0/s1. The lowest BCUT2D eigenvalue weighted by Crippen LogP contribution is -2.12. The van der Waals surface area contributed by atoms with Gasteiger partial charge in [-0.05, 0) is 31.0 Å². The van der Waals surface area contributed by atoms with E-state index in [1.807, 2.05) is 48.5 Å². The highest BCUT2D eigenvalue weighted by Gasteiger charge is 2.57. The van der Waals surface area contributed by atoms with Crippen LogP contribution in [0.25, 0.3) is 0 Å². The number of Topliss-reactive ketones (excluding diaryl/α,β-unsaturated/α-hetero) is 1. The Morgan fingerprint density at radius 2 is 1.65 bits per heavy atom.